The van der Waals surface area contributed by atoms with Gasteiger partial charge in [-0.15, -0.1) is 11.3 Å². The summed E-state index contributed by atoms with van der Waals surface area (Å²) in [7, 11) is 0. The topological polar surface area (TPSA) is 100 Å². The van der Waals surface area contributed by atoms with Crippen LogP contribution in [0, 0.1) is 6.92 Å². The van der Waals surface area contributed by atoms with Gasteiger partial charge in [-0.25, -0.2) is 15.0 Å². The van der Waals surface area contributed by atoms with Gasteiger partial charge in [0, 0.05) is 31.2 Å². The van der Waals surface area contributed by atoms with Gasteiger partial charge in [-0.05, 0) is 36.2 Å². The fourth-order valence-electron chi connectivity index (χ4n) is 3.15. The normalized spacial score (nSPS) is 14.5. The Balaban J connectivity index is 1.57. The van der Waals surface area contributed by atoms with E-state index in [1.165, 1.54) is 11.1 Å². The van der Waals surface area contributed by atoms with Crippen LogP contribution < -0.4 is 10.6 Å². The van der Waals surface area contributed by atoms with Gasteiger partial charge >= 0.3 is 6.18 Å². The number of nitrogens with one attached hydrogen (secondary N) is 2. The van der Waals surface area contributed by atoms with Crippen molar-refractivity contribution in [3.8, 4) is 10.4 Å². The van der Waals surface area contributed by atoms with Crippen molar-refractivity contribution in [3.05, 3.63) is 52.9 Å². The number of hydrogen-bond acceptors (Lipinski definition) is 8. The van der Waals surface area contributed by atoms with Gasteiger partial charge in [0.2, 0.25) is 11.9 Å². The molecule has 3 heterocycles. The maximum Gasteiger partial charge on any atom is 0.433 e. The first-order valence-electron chi connectivity index (χ1n) is 9.51. The third-order valence-electron chi connectivity index (χ3n) is 4.59. The number of carbonyl (C=O) groups excluding carboxylic acids is 2. The summed E-state index contributed by atoms with van der Waals surface area (Å²) in [6, 6.07) is 6.09. The highest BCUT2D eigenvalue weighted by Gasteiger charge is 2.33. The van der Waals surface area contributed by atoms with Crippen molar-refractivity contribution in [2.45, 2.75) is 13.1 Å². The van der Waals surface area contributed by atoms with E-state index in [9.17, 15) is 22.8 Å². The molecule has 2 N–H and O–H groups in total. The molecule has 1 aromatic carbocycles. The Morgan fingerprint density at radius 3 is 2.81 bits per heavy atom. The Bertz CT molecular complexity index is 1180. The monoisotopic (exact) mass is 462 g/mol. The second-order valence-corrected chi connectivity index (χ2v) is 8.06. The van der Waals surface area contributed by atoms with E-state index in [-0.39, 0.29) is 30.0 Å². The number of piperazine rings is 1. The average Bonchev–Trinajstić information content (AvgIpc) is 3.23. The molecule has 0 spiro atoms. The van der Waals surface area contributed by atoms with Crippen LogP contribution in [0.1, 0.15) is 21.1 Å². The number of imide groups is 1. The van der Waals surface area contributed by atoms with Crippen LogP contribution >= 0.6 is 11.3 Å². The molecule has 1 saturated heterocycles. The third kappa shape index (κ3) is 4.75. The number of thiazole rings is 1. The molecule has 1 aliphatic heterocycles. The van der Waals surface area contributed by atoms with Crippen molar-refractivity contribution in [2.24, 2.45) is 0 Å². The van der Waals surface area contributed by atoms with E-state index >= 15 is 0 Å². The number of alkyl halides is 3. The molecule has 0 bridgehead atoms. The van der Waals surface area contributed by atoms with Crippen LogP contribution in [0.25, 0.3) is 10.4 Å². The van der Waals surface area contributed by atoms with Gasteiger partial charge in [0.15, 0.2) is 5.01 Å². The number of rotatable bonds is 4. The predicted octanol–water partition coefficient (Wildman–Crippen LogP) is 3.24. The number of carbonyl (C=O) groups is 2. The summed E-state index contributed by atoms with van der Waals surface area (Å²) in [5, 5.41) is 5.88. The number of aryl methyl sites for hydroxylation is 1. The van der Waals surface area contributed by atoms with Crippen molar-refractivity contribution in [1.82, 2.24) is 25.2 Å². The molecule has 4 rings (SSSR count). The molecule has 8 nitrogen and oxygen atoms in total. The van der Waals surface area contributed by atoms with Crippen LogP contribution in [0.3, 0.4) is 0 Å². The summed E-state index contributed by atoms with van der Waals surface area (Å²) in [6.45, 7) is 2.74. The summed E-state index contributed by atoms with van der Waals surface area (Å²) >= 11 is 1.14. The minimum atomic E-state index is -4.57. The largest absolute Gasteiger partial charge is 0.433 e. The van der Waals surface area contributed by atoms with E-state index in [0.717, 1.165) is 29.2 Å². The van der Waals surface area contributed by atoms with Crippen molar-refractivity contribution in [3.63, 3.8) is 0 Å². The van der Waals surface area contributed by atoms with Crippen LogP contribution in [-0.2, 0) is 11.0 Å². The quantitative estimate of drug-likeness (QED) is 0.574. The Morgan fingerprint density at radius 2 is 2.06 bits per heavy atom. The first kappa shape index (κ1) is 21.8. The summed E-state index contributed by atoms with van der Waals surface area (Å²) in [4.78, 5) is 38.0. The number of anilines is 2. The second-order valence-electron chi connectivity index (χ2n) is 7.03. The SMILES string of the molecule is Cc1cc(Nc2nccc(C(F)(F)F)n2)cc(-c2cnc(C(=O)N3CCNCC3=O)s2)c1. The molecule has 0 aliphatic carbocycles. The smallest absolute Gasteiger partial charge is 0.324 e. The molecule has 12 heteroatoms. The van der Waals surface area contributed by atoms with Crippen molar-refractivity contribution in [2.75, 3.05) is 25.0 Å². The van der Waals surface area contributed by atoms with E-state index in [4.69, 9.17) is 0 Å². The number of halogens is 3. The number of amides is 2. The predicted molar refractivity (Wildman–Crippen MR) is 112 cm³/mol. The summed E-state index contributed by atoms with van der Waals surface area (Å²) in [5.74, 6) is -0.939. The van der Waals surface area contributed by atoms with Gasteiger partial charge in [-0.3, -0.25) is 14.5 Å². The van der Waals surface area contributed by atoms with Gasteiger partial charge in [0.1, 0.15) is 5.69 Å². The lowest BCUT2D eigenvalue weighted by Crippen LogP contribution is -2.50. The summed E-state index contributed by atoms with van der Waals surface area (Å²) in [5.41, 5.74) is 0.979. The second kappa shape index (κ2) is 8.63. The lowest BCUT2D eigenvalue weighted by Gasteiger charge is -2.24. The Labute approximate surface area is 184 Å². The highest BCUT2D eigenvalue weighted by molar-refractivity contribution is 7.17. The van der Waals surface area contributed by atoms with Gasteiger partial charge in [0.25, 0.3) is 5.91 Å². The zero-order valence-electron chi connectivity index (χ0n) is 16.7. The van der Waals surface area contributed by atoms with Gasteiger partial charge < -0.3 is 10.6 Å². The minimum Gasteiger partial charge on any atom is -0.324 e. The van der Waals surface area contributed by atoms with Crippen LogP contribution in [-0.4, -0.2) is 51.3 Å². The first-order valence-corrected chi connectivity index (χ1v) is 10.3. The minimum absolute atomic E-state index is 0.106. The van der Waals surface area contributed by atoms with E-state index in [1.54, 1.807) is 12.1 Å². The van der Waals surface area contributed by atoms with E-state index < -0.39 is 17.8 Å². The van der Waals surface area contributed by atoms with Gasteiger partial charge in [-0.2, -0.15) is 13.2 Å². The lowest BCUT2D eigenvalue weighted by atomic mass is 10.1. The zero-order valence-corrected chi connectivity index (χ0v) is 17.5. The number of nitrogens with zero attached hydrogens (tertiary/aromatic N) is 4. The van der Waals surface area contributed by atoms with Crippen molar-refractivity contribution < 1.29 is 22.8 Å². The molecular formula is C20H17F3N6O2S. The molecule has 0 atom stereocenters. The fourth-order valence-corrected chi connectivity index (χ4v) is 4.00. The fraction of sp³-hybridized carbons (Fsp3) is 0.250. The maximum atomic E-state index is 12.9. The van der Waals surface area contributed by atoms with Crippen LogP contribution in [0.5, 0.6) is 0 Å². The van der Waals surface area contributed by atoms with Crippen LogP contribution in [0.15, 0.2) is 36.7 Å². The molecular weight excluding hydrogens is 445 g/mol. The van der Waals surface area contributed by atoms with E-state index in [1.807, 2.05) is 13.0 Å². The number of hydrogen-bond donors (Lipinski definition) is 2. The highest BCUT2D eigenvalue weighted by Crippen LogP contribution is 2.32. The molecule has 1 aliphatic rings. The van der Waals surface area contributed by atoms with Crippen molar-refractivity contribution in [1.29, 1.82) is 0 Å². The maximum absolute atomic E-state index is 12.9. The number of benzene rings is 1. The third-order valence-corrected chi connectivity index (χ3v) is 5.62. The lowest BCUT2D eigenvalue weighted by molar-refractivity contribution is -0.141. The Hall–Kier alpha value is -3.38. The summed E-state index contributed by atoms with van der Waals surface area (Å²) < 4.78 is 38.7. The average molecular weight is 462 g/mol. The first-order chi connectivity index (χ1) is 15.2. The molecule has 2 amide bonds. The Kier molecular flexibility index (Phi) is 5.89. The molecule has 0 unspecified atom stereocenters. The molecule has 3 aromatic rings. The van der Waals surface area contributed by atoms with Crippen LogP contribution in [0.2, 0.25) is 0 Å². The molecule has 166 valence electrons. The van der Waals surface area contributed by atoms with Gasteiger partial charge in [-0.1, -0.05) is 6.07 Å². The molecule has 1 fully saturated rings. The molecule has 2 aromatic heterocycles. The van der Waals surface area contributed by atoms with Crippen molar-refractivity contribution >= 4 is 34.8 Å². The Morgan fingerprint density at radius 1 is 1.25 bits per heavy atom. The standard InChI is InChI=1S/C20H17F3N6O2S/c1-11-6-12(8-13(7-11)27-19-25-3-2-15(28-19)20(21,22)23)14-9-26-17(32-14)18(31)29-5-4-24-10-16(29)30/h2-3,6-9,24H,4-5,10H2,1H3,(H,25,27,28). The number of aromatic nitrogens is 3. The molecule has 0 saturated carbocycles. The van der Waals surface area contributed by atoms with E-state index in [0.29, 0.717) is 22.7 Å². The molecule has 32 heavy (non-hydrogen) atoms. The molecule has 0 radical (unpaired) electrons. The van der Waals surface area contributed by atoms with Crippen LogP contribution in [0.4, 0.5) is 24.8 Å². The zero-order chi connectivity index (χ0) is 22.9. The highest BCUT2D eigenvalue weighted by atomic mass is 32.1. The van der Waals surface area contributed by atoms with Gasteiger partial charge in [0.05, 0.1) is 11.4 Å². The van der Waals surface area contributed by atoms with E-state index in [2.05, 4.69) is 25.6 Å². The summed E-state index contributed by atoms with van der Waals surface area (Å²) in [6.07, 6.45) is -2.01.